The second-order valence-electron chi connectivity index (χ2n) is 4.48. The van der Waals surface area contributed by atoms with Crippen LogP contribution in [0.15, 0.2) is 23.2 Å². The van der Waals surface area contributed by atoms with Gasteiger partial charge < -0.3 is 20.5 Å². The number of amidine groups is 1. The van der Waals surface area contributed by atoms with Crippen molar-refractivity contribution in [3.8, 4) is 11.5 Å². The normalized spacial score (nSPS) is 18.0. The fraction of sp³-hybridized carbons (Fsp3) is 0.357. The molecular formula is C14H17N3O4. The van der Waals surface area contributed by atoms with Gasteiger partial charge in [0.1, 0.15) is 5.84 Å². The molecule has 0 saturated carbocycles. The van der Waals surface area contributed by atoms with Gasteiger partial charge >= 0.3 is 0 Å². The van der Waals surface area contributed by atoms with Gasteiger partial charge in [-0.1, -0.05) is 6.92 Å². The molecule has 1 aliphatic rings. The monoisotopic (exact) mass is 291 g/mol. The maximum atomic E-state index is 11.6. The van der Waals surface area contributed by atoms with E-state index in [0.717, 1.165) is 6.42 Å². The number of aliphatic imine (C=N–C) groups is 1. The summed E-state index contributed by atoms with van der Waals surface area (Å²) in [5.41, 5.74) is 5.93. The molecule has 2 rings (SSSR count). The maximum absolute atomic E-state index is 11.6. The summed E-state index contributed by atoms with van der Waals surface area (Å²) >= 11 is 0. The molecule has 21 heavy (non-hydrogen) atoms. The molecule has 7 heteroatoms. The van der Waals surface area contributed by atoms with Gasteiger partial charge in [0.05, 0.1) is 13.7 Å². The lowest BCUT2D eigenvalue weighted by Crippen LogP contribution is -2.52. The number of carbonyl (C=O) groups excluding carboxylic acids is 2. The van der Waals surface area contributed by atoms with Crippen molar-refractivity contribution in [2.75, 3.05) is 13.7 Å². The number of benzene rings is 1. The number of amides is 2. The quantitative estimate of drug-likeness (QED) is 0.755. The lowest BCUT2D eigenvalue weighted by Gasteiger charge is -2.18. The van der Waals surface area contributed by atoms with Crippen LogP contribution < -0.4 is 20.5 Å². The van der Waals surface area contributed by atoms with Gasteiger partial charge in [0.2, 0.25) is 0 Å². The Hall–Kier alpha value is -2.41. The van der Waals surface area contributed by atoms with Crippen LogP contribution in [0.25, 0.3) is 0 Å². The van der Waals surface area contributed by atoms with Crippen molar-refractivity contribution in [2.45, 2.75) is 19.4 Å². The minimum Gasteiger partial charge on any atom is -0.493 e. The Bertz CT molecular complexity index is 598. The number of nitrogens with one attached hydrogen (secondary N) is 1. The molecule has 0 radical (unpaired) electrons. The Morgan fingerprint density at radius 3 is 2.71 bits per heavy atom. The highest BCUT2D eigenvalue weighted by molar-refractivity contribution is 6.22. The van der Waals surface area contributed by atoms with Gasteiger partial charge in [0.25, 0.3) is 11.8 Å². The van der Waals surface area contributed by atoms with Gasteiger partial charge in [0.15, 0.2) is 17.5 Å². The molecule has 1 heterocycles. The lowest BCUT2D eigenvalue weighted by molar-refractivity contribution is -0.129. The summed E-state index contributed by atoms with van der Waals surface area (Å²) in [7, 11) is 1.51. The number of nitrogens with two attached hydrogens (primary N) is 1. The molecule has 1 aromatic rings. The van der Waals surface area contributed by atoms with Crippen molar-refractivity contribution in [3.05, 3.63) is 23.8 Å². The first kappa shape index (κ1) is 15.0. The van der Waals surface area contributed by atoms with Crippen LogP contribution in [-0.4, -0.2) is 37.4 Å². The second-order valence-corrected chi connectivity index (χ2v) is 4.48. The van der Waals surface area contributed by atoms with E-state index in [1.165, 1.54) is 7.11 Å². The lowest BCUT2D eigenvalue weighted by atomic mass is 10.1. The molecule has 1 aromatic carbocycles. The number of nitrogens with zero attached hydrogens (tertiary/aromatic N) is 1. The van der Waals surface area contributed by atoms with Crippen molar-refractivity contribution in [2.24, 2.45) is 10.7 Å². The molecule has 7 nitrogen and oxygen atoms in total. The number of hydrogen-bond donors (Lipinski definition) is 2. The average molecular weight is 291 g/mol. The van der Waals surface area contributed by atoms with E-state index < -0.39 is 17.9 Å². The van der Waals surface area contributed by atoms with Crippen molar-refractivity contribution >= 4 is 17.6 Å². The Morgan fingerprint density at radius 1 is 1.33 bits per heavy atom. The molecule has 0 saturated heterocycles. The van der Waals surface area contributed by atoms with E-state index in [-0.39, 0.29) is 5.84 Å². The van der Waals surface area contributed by atoms with Crippen LogP contribution in [0.1, 0.15) is 18.9 Å². The predicted molar refractivity (Wildman–Crippen MR) is 76.4 cm³/mol. The SMILES string of the molecule is CCCOc1ccc(C2=NC(=O)C(N)C(=O)N2)cc1OC. The highest BCUT2D eigenvalue weighted by atomic mass is 16.5. The number of carbonyl (C=O) groups is 2. The topological polar surface area (TPSA) is 103 Å². The number of hydrogen-bond acceptors (Lipinski definition) is 5. The van der Waals surface area contributed by atoms with Crippen molar-refractivity contribution in [1.29, 1.82) is 0 Å². The summed E-state index contributed by atoms with van der Waals surface area (Å²) < 4.78 is 10.8. The highest BCUT2D eigenvalue weighted by Crippen LogP contribution is 2.28. The molecule has 3 N–H and O–H groups in total. The summed E-state index contributed by atoms with van der Waals surface area (Å²) in [6.07, 6.45) is 0.875. The molecule has 0 aliphatic carbocycles. The van der Waals surface area contributed by atoms with Crippen molar-refractivity contribution in [1.82, 2.24) is 5.32 Å². The van der Waals surface area contributed by atoms with E-state index in [0.29, 0.717) is 23.7 Å². The van der Waals surface area contributed by atoms with Gasteiger partial charge in [-0.2, -0.15) is 4.99 Å². The smallest absolute Gasteiger partial charge is 0.274 e. The van der Waals surface area contributed by atoms with E-state index in [2.05, 4.69) is 10.3 Å². The molecule has 0 fully saturated rings. The van der Waals surface area contributed by atoms with Gasteiger partial charge in [-0.25, -0.2) is 0 Å². The van der Waals surface area contributed by atoms with Crippen LogP contribution in [0.2, 0.25) is 0 Å². The average Bonchev–Trinajstić information content (AvgIpc) is 2.49. The number of methoxy groups -OCH3 is 1. The van der Waals surface area contributed by atoms with Crippen LogP contribution in [0.3, 0.4) is 0 Å². The van der Waals surface area contributed by atoms with E-state index >= 15 is 0 Å². The molecule has 1 atom stereocenters. The van der Waals surface area contributed by atoms with E-state index in [4.69, 9.17) is 15.2 Å². The molecule has 0 bridgehead atoms. The van der Waals surface area contributed by atoms with E-state index in [1.807, 2.05) is 6.92 Å². The van der Waals surface area contributed by atoms with Crippen LogP contribution in [0.4, 0.5) is 0 Å². The molecule has 1 unspecified atom stereocenters. The van der Waals surface area contributed by atoms with Gasteiger partial charge in [0, 0.05) is 5.56 Å². The molecular weight excluding hydrogens is 274 g/mol. The maximum Gasteiger partial charge on any atom is 0.274 e. The first-order valence-electron chi connectivity index (χ1n) is 6.57. The zero-order valence-corrected chi connectivity index (χ0v) is 11.9. The minimum atomic E-state index is -1.25. The van der Waals surface area contributed by atoms with Crippen LogP contribution in [0, 0.1) is 0 Å². The predicted octanol–water partition coefficient (Wildman–Crippen LogP) is 0.214. The van der Waals surface area contributed by atoms with Gasteiger partial charge in [-0.05, 0) is 24.6 Å². The molecule has 0 aromatic heterocycles. The Balaban J connectivity index is 2.31. The van der Waals surface area contributed by atoms with E-state index in [9.17, 15) is 9.59 Å². The van der Waals surface area contributed by atoms with Crippen molar-refractivity contribution < 1.29 is 19.1 Å². The standard InChI is InChI=1S/C14H17N3O4/c1-3-6-21-9-5-4-8(7-10(9)20-2)12-16-13(18)11(15)14(19)17-12/h4-5,7,11H,3,6,15H2,1-2H3,(H,16,17,18,19). The molecule has 112 valence electrons. The number of ether oxygens (including phenoxy) is 2. The first-order chi connectivity index (χ1) is 10.1. The zero-order valence-electron chi connectivity index (χ0n) is 11.9. The molecule has 0 spiro atoms. The largest absolute Gasteiger partial charge is 0.493 e. The summed E-state index contributed by atoms with van der Waals surface area (Å²) in [4.78, 5) is 26.9. The molecule has 1 aliphatic heterocycles. The fourth-order valence-corrected chi connectivity index (χ4v) is 1.80. The third-order valence-electron chi connectivity index (χ3n) is 2.91. The Kier molecular flexibility index (Phi) is 4.54. The van der Waals surface area contributed by atoms with Crippen LogP contribution in [0.5, 0.6) is 11.5 Å². The zero-order chi connectivity index (χ0) is 15.4. The van der Waals surface area contributed by atoms with Crippen molar-refractivity contribution in [3.63, 3.8) is 0 Å². The minimum absolute atomic E-state index is 0.159. The summed E-state index contributed by atoms with van der Waals surface area (Å²) in [6, 6.07) is 3.80. The second kappa shape index (κ2) is 6.36. The van der Waals surface area contributed by atoms with Gasteiger partial charge in [-0.15, -0.1) is 0 Å². The summed E-state index contributed by atoms with van der Waals surface area (Å²) in [5.74, 6) is 0.00966. The summed E-state index contributed by atoms with van der Waals surface area (Å²) in [5, 5.41) is 2.50. The summed E-state index contributed by atoms with van der Waals surface area (Å²) in [6.45, 7) is 2.57. The fourth-order valence-electron chi connectivity index (χ4n) is 1.80. The van der Waals surface area contributed by atoms with Crippen LogP contribution in [-0.2, 0) is 9.59 Å². The van der Waals surface area contributed by atoms with Crippen LogP contribution >= 0.6 is 0 Å². The third kappa shape index (κ3) is 3.19. The number of rotatable bonds is 5. The first-order valence-corrected chi connectivity index (χ1v) is 6.57. The molecule has 2 amide bonds. The Labute approximate surface area is 122 Å². The van der Waals surface area contributed by atoms with Gasteiger partial charge in [-0.3, -0.25) is 9.59 Å². The van der Waals surface area contributed by atoms with E-state index in [1.54, 1.807) is 18.2 Å². The third-order valence-corrected chi connectivity index (χ3v) is 2.91. The highest BCUT2D eigenvalue weighted by Gasteiger charge is 2.29. The Morgan fingerprint density at radius 2 is 2.10 bits per heavy atom.